The minimum Gasteiger partial charge on any atom is -0.398 e. The lowest BCUT2D eigenvalue weighted by molar-refractivity contribution is 1.43. The number of rotatable bonds is 0. The molecule has 0 atom stereocenters. The third-order valence-electron chi connectivity index (χ3n) is 2.73. The van der Waals surface area contributed by atoms with Gasteiger partial charge in [-0.2, -0.15) is 0 Å². The van der Waals surface area contributed by atoms with Crippen molar-refractivity contribution in [3.63, 3.8) is 0 Å². The van der Waals surface area contributed by atoms with Gasteiger partial charge in [-0.25, -0.2) is 0 Å². The number of nitrogen functional groups attached to an aromatic ring is 1. The molecule has 0 fully saturated rings. The van der Waals surface area contributed by atoms with Gasteiger partial charge in [0.1, 0.15) is 0 Å². The highest BCUT2D eigenvalue weighted by atomic mass is 79.9. The van der Waals surface area contributed by atoms with E-state index in [2.05, 4.69) is 33.0 Å². The first-order valence-corrected chi connectivity index (χ1v) is 5.78. The predicted molar refractivity (Wildman–Crippen MR) is 71.4 cm³/mol. The summed E-state index contributed by atoms with van der Waals surface area (Å²) in [6.07, 6.45) is 1.75. The highest BCUT2D eigenvalue weighted by Crippen LogP contribution is 2.32. The molecular weight excluding hydrogens is 264 g/mol. The van der Waals surface area contributed by atoms with E-state index in [-0.39, 0.29) is 0 Å². The highest BCUT2D eigenvalue weighted by molar-refractivity contribution is 9.10. The second kappa shape index (κ2) is 3.46. The summed E-state index contributed by atoms with van der Waals surface area (Å²) < 4.78 is 1.05. The quantitative estimate of drug-likeness (QED) is 0.634. The van der Waals surface area contributed by atoms with Crippen LogP contribution in [0.5, 0.6) is 0 Å². The summed E-state index contributed by atoms with van der Waals surface area (Å²) >= 11 is 3.57. The minimum absolute atomic E-state index is 0.761. The van der Waals surface area contributed by atoms with Crippen molar-refractivity contribution in [3.8, 4) is 0 Å². The van der Waals surface area contributed by atoms with Crippen LogP contribution >= 0.6 is 15.9 Å². The van der Waals surface area contributed by atoms with Gasteiger partial charge in [-0.3, -0.25) is 4.98 Å². The van der Waals surface area contributed by atoms with Crippen LogP contribution in [-0.2, 0) is 0 Å². The van der Waals surface area contributed by atoms with E-state index in [0.717, 1.165) is 31.8 Å². The average Bonchev–Trinajstić information content (AvgIpc) is 2.31. The fourth-order valence-corrected chi connectivity index (χ4v) is 2.53. The van der Waals surface area contributed by atoms with Crippen LogP contribution < -0.4 is 5.73 Å². The van der Waals surface area contributed by atoms with E-state index < -0.39 is 0 Å². The Balaban J connectivity index is 2.64. The van der Waals surface area contributed by atoms with Crippen LogP contribution in [0, 0.1) is 0 Å². The first-order chi connectivity index (χ1) is 7.77. The largest absolute Gasteiger partial charge is 0.398 e. The molecule has 78 valence electrons. The lowest BCUT2D eigenvalue weighted by Gasteiger charge is -2.07. The molecule has 0 saturated carbocycles. The van der Waals surface area contributed by atoms with Crippen molar-refractivity contribution >= 4 is 43.3 Å². The molecule has 1 heterocycles. The van der Waals surface area contributed by atoms with Gasteiger partial charge in [-0.15, -0.1) is 0 Å². The predicted octanol–water partition coefficient (Wildman–Crippen LogP) is 3.73. The monoisotopic (exact) mass is 272 g/mol. The number of benzene rings is 2. The summed E-state index contributed by atoms with van der Waals surface area (Å²) in [6.45, 7) is 0. The van der Waals surface area contributed by atoms with Crippen LogP contribution in [0.1, 0.15) is 0 Å². The molecule has 0 spiro atoms. The summed E-state index contributed by atoms with van der Waals surface area (Å²) in [7, 11) is 0. The maximum atomic E-state index is 5.96. The normalized spacial score (nSPS) is 11.1. The van der Waals surface area contributed by atoms with Crippen molar-refractivity contribution in [1.82, 2.24) is 4.98 Å². The Morgan fingerprint density at radius 2 is 1.75 bits per heavy atom. The maximum absolute atomic E-state index is 5.96. The van der Waals surface area contributed by atoms with Crippen molar-refractivity contribution < 1.29 is 0 Å². The van der Waals surface area contributed by atoms with Gasteiger partial charge in [0.15, 0.2) is 0 Å². The Hall–Kier alpha value is -1.61. The zero-order valence-corrected chi connectivity index (χ0v) is 10.0. The molecule has 0 bridgehead atoms. The molecule has 0 radical (unpaired) electrons. The zero-order chi connectivity index (χ0) is 11.1. The molecule has 2 N–H and O–H groups in total. The first-order valence-electron chi connectivity index (χ1n) is 4.99. The molecule has 2 nitrogen and oxygen atoms in total. The van der Waals surface area contributed by atoms with E-state index in [1.54, 1.807) is 6.20 Å². The molecule has 0 aliphatic heterocycles. The van der Waals surface area contributed by atoms with Gasteiger partial charge >= 0.3 is 0 Å². The van der Waals surface area contributed by atoms with Gasteiger partial charge in [0, 0.05) is 27.1 Å². The molecule has 3 rings (SSSR count). The fraction of sp³-hybridized carbons (Fsp3) is 0. The van der Waals surface area contributed by atoms with Gasteiger partial charge in [-0.05, 0) is 17.5 Å². The van der Waals surface area contributed by atoms with Gasteiger partial charge in [-0.1, -0.05) is 40.2 Å². The maximum Gasteiger partial charge on any atom is 0.0801 e. The number of nitrogens with two attached hydrogens (primary N) is 1. The molecule has 0 saturated heterocycles. The molecule has 1 aromatic heterocycles. The Labute approximate surface area is 101 Å². The Kier molecular flexibility index (Phi) is 2.07. The molecule has 2 aromatic carbocycles. The van der Waals surface area contributed by atoms with Crippen LogP contribution in [0.25, 0.3) is 21.7 Å². The van der Waals surface area contributed by atoms with Gasteiger partial charge in [0.05, 0.1) is 5.52 Å². The second-order valence-electron chi connectivity index (χ2n) is 3.70. The number of pyridine rings is 1. The van der Waals surface area contributed by atoms with Crippen molar-refractivity contribution in [3.05, 3.63) is 47.1 Å². The summed E-state index contributed by atoms with van der Waals surface area (Å²) in [5.41, 5.74) is 7.67. The van der Waals surface area contributed by atoms with E-state index in [1.165, 1.54) is 0 Å². The molecule has 0 unspecified atom stereocenters. The summed E-state index contributed by atoms with van der Waals surface area (Å²) in [6, 6.07) is 12.0. The molecule has 3 aromatic rings. The molecule has 0 aliphatic carbocycles. The fourth-order valence-electron chi connectivity index (χ4n) is 1.96. The van der Waals surface area contributed by atoms with Crippen molar-refractivity contribution in [1.29, 1.82) is 0 Å². The summed E-state index contributed by atoms with van der Waals surface area (Å²) in [5, 5.41) is 3.28. The van der Waals surface area contributed by atoms with Crippen molar-refractivity contribution in [2.24, 2.45) is 0 Å². The summed E-state index contributed by atoms with van der Waals surface area (Å²) in [4.78, 5) is 4.41. The number of anilines is 1. The third-order valence-corrected chi connectivity index (χ3v) is 3.39. The van der Waals surface area contributed by atoms with Crippen LogP contribution in [0.15, 0.2) is 47.1 Å². The van der Waals surface area contributed by atoms with Crippen LogP contribution in [0.3, 0.4) is 0 Å². The average molecular weight is 273 g/mol. The number of aromatic nitrogens is 1. The molecular formula is C13H9BrN2. The third kappa shape index (κ3) is 1.28. The second-order valence-corrected chi connectivity index (χ2v) is 4.55. The Morgan fingerprint density at radius 3 is 2.56 bits per heavy atom. The van der Waals surface area contributed by atoms with E-state index >= 15 is 0 Å². The topological polar surface area (TPSA) is 38.9 Å². The van der Waals surface area contributed by atoms with Crippen LogP contribution in [0.4, 0.5) is 5.69 Å². The van der Waals surface area contributed by atoms with Crippen molar-refractivity contribution in [2.75, 3.05) is 5.73 Å². The molecule has 16 heavy (non-hydrogen) atoms. The lowest BCUT2D eigenvalue weighted by Crippen LogP contribution is -1.90. The van der Waals surface area contributed by atoms with Crippen LogP contribution in [-0.4, -0.2) is 4.98 Å². The Morgan fingerprint density at radius 1 is 1.00 bits per heavy atom. The molecule has 0 aliphatic rings. The van der Waals surface area contributed by atoms with E-state index in [1.807, 2.05) is 24.3 Å². The van der Waals surface area contributed by atoms with Crippen LogP contribution in [0.2, 0.25) is 0 Å². The zero-order valence-electron chi connectivity index (χ0n) is 8.44. The molecule has 3 heteroatoms. The number of hydrogen-bond donors (Lipinski definition) is 1. The highest BCUT2D eigenvalue weighted by Gasteiger charge is 2.06. The number of hydrogen-bond acceptors (Lipinski definition) is 2. The number of fused-ring (bicyclic) bond motifs is 3. The van der Waals surface area contributed by atoms with Gasteiger partial charge in [0.2, 0.25) is 0 Å². The summed E-state index contributed by atoms with van der Waals surface area (Å²) in [5.74, 6) is 0. The smallest absolute Gasteiger partial charge is 0.0801 e. The standard InChI is InChI=1S/C13H9BrN2/c14-11-7-10-12(15)5-6-16-13(10)9-4-2-1-3-8(9)11/h1-7H,(H2,15,16). The van der Waals surface area contributed by atoms with E-state index in [4.69, 9.17) is 5.73 Å². The SMILES string of the molecule is Nc1ccnc2c1cc(Br)c1ccccc12. The minimum atomic E-state index is 0.761. The number of halogens is 1. The lowest BCUT2D eigenvalue weighted by atomic mass is 10.1. The van der Waals surface area contributed by atoms with E-state index in [0.29, 0.717) is 0 Å². The van der Waals surface area contributed by atoms with Gasteiger partial charge in [0.25, 0.3) is 0 Å². The molecule has 0 amide bonds. The first kappa shape index (κ1) is 9.60. The van der Waals surface area contributed by atoms with Crippen molar-refractivity contribution in [2.45, 2.75) is 0 Å². The number of nitrogens with zero attached hydrogens (tertiary/aromatic N) is 1. The van der Waals surface area contributed by atoms with E-state index in [9.17, 15) is 0 Å². The Bertz CT molecular complexity index is 687. The van der Waals surface area contributed by atoms with Gasteiger partial charge < -0.3 is 5.73 Å².